The molecule has 102 valence electrons. The largest absolute Gasteiger partial charge is 0.294 e. The molecule has 20 heavy (non-hydrogen) atoms. The Morgan fingerprint density at radius 2 is 1.75 bits per heavy atom. The van der Waals surface area contributed by atoms with Gasteiger partial charge in [-0.3, -0.25) is 9.78 Å². The Bertz CT molecular complexity index is 570. The molecule has 2 aromatic rings. The first-order chi connectivity index (χ1) is 9.83. The van der Waals surface area contributed by atoms with Gasteiger partial charge in [0.2, 0.25) is 0 Å². The van der Waals surface area contributed by atoms with Crippen LogP contribution in [0.4, 0.5) is 0 Å². The van der Waals surface area contributed by atoms with Crippen LogP contribution < -0.4 is 0 Å². The third kappa shape index (κ3) is 2.96. The van der Waals surface area contributed by atoms with Crippen molar-refractivity contribution >= 4 is 5.78 Å². The van der Waals surface area contributed by atoms with E-state index >= 15 is 0 Å². The van der Waals surface area contributed by atoms with Gasteiger partial charge in [-0.15, -0.1) is 0 Å². The van der Waals surface area contributed by atoms with E-state index in [0.29, 0.717) is 6.42 Å². The number of nitrogens with zero attached hydrogens (tertiary/aromatic N) is 1. The van der Waals surface area contributed by atoms with E-state index in [1.807, 2.05) is 24.3 Å². The number of benzene rings is 1. The van der Waals surface area contributed by atoms with Crippen LogP contribution in [0.25, 0.3) is 0 Å². The minimum absolute atomic E-state index is 0.224. The lowest BCUT2D eigenvalue weighted by Gasteiger charge is -2.25. The van der Waals surface area contributed by atoms with Crippen molar-refractivity contribution in [3.63, 3.8) is 0 Å². The van der Waals surface area contributed by atoms with Gasteiger partial charge < -0.3 is 0 Å². The molecular formula is C18H19NO. The average Bonchev–Trinajstić information content (AvgIpc) is 2.45. The first-order valence-corrected chi connectivity index (χ1v) is 7.35. The Balaban J connectivity index is 1.59. The molecule has 1 saturated carbocycles. The topological polar surface area (TPSA) is 30.0 Å². The van der Waals surface area contributed by atoms with E-state index in [1.54, 1.807) is 12.4 Å². The lowest BCUT2D eigenvalue weighted by Crippen LogP contribution is -2.09. The van der Waals surface area contributed by atoms with E-state index in [-0.39, 0.29) is 5.78 Å². The number of carbonyl (C=O) groups is 1. The van der Waals surface area contributed by atoms with Crippen molar-refractivity contribution in [3.05, 3.63) is 65.5 Å². The molecule has 2 nitrogen and oxygen atoms in total. The standard InChI is InChI=1S/C18H19NO/c20-18(9-4-14-10-12-19-13-11-14)17-7-5-16(6-8-17)15-2-1-3-15/h5-8,10-13,15H,1-4,9H2. The zero-order valence-corrected chi connectivity index (χ0v) is 11.6. The fraction of sp³-hybridized carbons (Fsp3) is 0.333. The molecule has 1 aromatic carbocycles. The molecule has 3 rings (SSSR count). The first-order valence-electron chi connectivity index (χ1n) is 7.35. The summed E-state index contributed by atoms with van der Waals surface area (Å²) in [7, 11) is 0. The number of rotatable bonds is 5. The van der Waals surface area contributed by atoms with E-state index < -0.39 is 0 Å². The third-order valence-electron chi connectivity index (χ3n) is 4.20. The number of hydrogen-bond acceptors (Lipinski definition) is 2. The molecule has 2 heteroatoms. The molecule has 0 saturated heterocycles. The van der Waals surface area contributed by atoms with Crippen LogP contribution in [0.2, 0.25) is 0 Å². The highest BCUT2D eigenvalue weighted by Crippen LogP contribution is 2.36. The number of ketones is 1. The van der Waals surface area contributed by atoms with Gasteiger partial charge in [-0.1, -0.05) is 30.7 Å². The molecule has 0 atom stereocenters. The van der Waals surface area contributed by atoms with Crippen molar-refractivity contribution in [1.29, 1.82) is 0 Å². The Morgan fingerprint density at radius 3 is 2.35 bits per heavy atom. The summed E-state index contributed by atoms with van der Waals surface area (Å²) in [6.07, 6.45) is 8.83. The maximum absolute atomic E-state index is 12.2. The van der Waals surface area contributed by atoms with Gasteiger partial charge in [0.1, 0.15) is 0 Å². The molecule has 0 aliphatic heterocycles. The summed E-state index contributed by atoms with van der Waals surface area (Å²) < 4.78 is 0. The van der Waals surface area contributed by atoms with Gasteiger partial charge in [0.25, 0.3) is 0 Å². The lowest BCUT2D eigenvalue weighted by atomic mass is 9.80. The number of hydrogen-bond donors (Lipinski definition) is 0. The Hall–Kier alpha value is -1.96. The highest BCUT2D eigenvalue weighted by Gasteiger charge is 2.19. The van der Waals surface area contributed by atoms with Crippen molar-refractivity contribution in [1.82, 2.24) is 4.98 Å². The van der Waals surface area contributed by atoms with E-state index in [0.717, 1.165) is 17.9 Å². The van der Waals surface area contributed by atoms with Crippen LogP contribution in [0.15, 0.2) is 48.8 Å². The maximum Gasteiger partial charge on any atom is 0.163 e. The smallest absolute Gasteiger partial charge is 0.163 e. The highest BCUT2D eigenvalue weighted by molar-refractivity contribution is 5.96. The quantitative estimate of drug-likeness (QED) is 0.760. The molecule has 1 fully saturated rings. The molecule has 0 N–H and O–H groups in total. The number of pyridine rings is 1. The number of Topliss-reactive ketones (excluding diaryl/α,β-unsaturated/α-hetero) is 1. The van der Waals surface area contributed by atoms with Crippen LogP contribution in [0, 0.1) is 0 Å². The van der Waals surface area contributed by atoms with Crippen LogP contribution in [-0.2, 0) is 6.42 Å². The molecule has 0 amide bonds. The minimum atomic E-state index is 0.224. The third-order valence-corrected chi connectivity index (χ3v) is 4.20. The highest BCUT2D eigenvalue weighted by atomic mass is 16.1. The summed E-state index contributed by atoms with van der Waals surface area (Å²) in [6.45, 7) is 0. The van der Waals surface area contributed by atoms with Crippen molar-refractivity contribution in [2.24, 2.45) is 0 Å². The van der Waals surface area contributed by atoms with Crippen molar-refractivity contribution in [3.8, 4) is 0 Å². The first kappa shape index (κ1) is 13.0. The zero-order chi connectivity index (χ0) is 13.8. The maximum atomic E-state index is 12.2. The van der Waals surface area contributed by atoms with Crippen molar-refractivity contribution in [2.75, 3.05) is 0 Å². The molecule has 1 aromatic heterocycles. The van der Waals surface area contributed by atoms with Crippen LogP contribution in [0.3, 0.4) is 0 Å². The molecule has 0 spiro atoms. The predicted molar refractivity (Wildman–Crippen MR) is 79.9 cm³/mol. The van der Waals surface area contributed by atoms with Crippen LogP contribution in [0.5, 0.6) is 0 Å². The van der Waals surface area contributed by atoms with Gasteiger partial charge in [-0.2, -0.15) is 0 Å². The van der Waals surface area contributed by atoms with Gasteiger partial charge in [0, 0.05) is 24.4 Å². The van der Waals surface area contributed by atoms with E-state index in [9.17, 15) is 4.79 Å². The van der Waals surface area contributed by atoms with Crippen molar-refractivity contribution in [2.45, 2.75) is 38.0 Å². The summed E-state index contributed by atoms with van der Waals surface area (Å²) in [5.41, 5.74) is 3.39. The molecule has 0 bridgehead atoms. The number of aryl methyl sites for hydroxylation is 1. The number of carbonyl (C=O) groups excluding carboxylic acids is 1. The second-order valence-electron chi connectivity index (χ2n) is 5.53. The Morgan fingerprint density at radius 1 is 1.05 bits per heavy atom. The van der Waals surface area contributed by atoms with Gasteiger partial charge in [-0.05, 0) is 48.4 Å². The fourth-order valence-electron chi connectivity index (χ4n) is 2.63. The van der Waals surface area contributed by atoms with Crippen LogP contribution in [0.1, 0.15) is 53.1 Å². The van der Waals surface area contributed by atoms with Crippen molar-refractivity contribution < 1.29 is 4.79 Å². The van der Waals surface area contributed by atoms with Gasteiger partial charge >= 0.3 is 0 Å². The summed E-state index contributed by atoms with van der Waals surface area (Å²) in [5.74, 6) is 0.956. The van der Waals surface area contributed by atoms with E-state index in [4.69, 9.17) is 0 Å². The van der Waals surface area contributed by atoms with Gasteiger partial charge in [0.05, 0.1) is 0 Å². The van der Waals surface area contributed by atoms with E-state index in [1.165, 1.54) is 30.4 Å². The summed E-state index contributed by atoms with van der Waals surface area (Å²) >= 11 is 0. The molecule has 1 heterocycles. The summed E-state index contributed by atoms with van der Waals surface area (Å²) in [4.78, 5) is 16.2. The SMILES string of the molecule is O=C(CCc1ccncc1)c1ccc(C2CCC2)cc1. The minimum Gasteiger partial charge on any atom is -0.294 e. The molecule has 1 aliphatic rings. The van der Waals surface area contributed by atoms with Gasteiger partial charge in [-0.25, -0.2) is 0 Å². The lowest BCUT2D eigenvalue weighted by molar-refractivity contribution is 0.0983. The van der Waals surface area contributed by atoms with E-state index in [2.05, 4.69) is 17.1 Å². The second kappa shape index (κ2) is 6.00. The van der Waals surface area contributed by atoms with Crippen LogP contribution in [-0.4, -0.2) is 10.8 Å². The Labute approximate surface area is 119 Å². The number of aromatic nitrogens is 1. The molecule has 0 unspecified atom stereocenters. The predicted octanol–water partition coefficient (Wildman–Crippen LogP) is 4.16. The molecular weight excluding hydrogens is 246 g/mol. The summed E-state index contributed by atoms with van der Waals surface area (Å²) in [6, 6.07) is 12.2. The molecule has 0 radical (unpaired) electrons. The normalized spacial score (nSPS) is 14.8. The summed E-state index contributed by atoms with van der Waals surface area (Å²) in [5, 5.41) is 0. The zero-order valence-electron chi connectivity index (χ0n) is 11.6. The second-order valence-corrected chi connectivity index (χ2v) is 5.53. The van der Waals surface area contributed by atoms with Crippen LogP contribution >= 0.6 is 0 Å². The Kier molecular flexibility index (Phi) is 3.91. The van der Waals surface area contributed by atoms with Gasteiger partial charge in [0.15, 0.2) is 5.78 Å². The fourth-order valence-corrected chi connectivity index (χ4v) is 2.63. The molecule has 1 aliphatic carbocycles. The monoisotopic (exact) mass is 265 g/mol. The average molecular weight is 265 g/mol.